The predicted molar refractivity (Wildman–Crippen MR) is 60.8 cm³/mol. The average Bonchev–Trinajstić information content (AvgIpc) is 2.50. The molecule has 0 spiro atoms. The van der Waals surface area contributed by atoms with Crippen LogP contribution in [0.3, 0.4) is 0 Å². The van der Waals surface area contributed by atoms with Crippen LogP contribution < -0.4 is 5.32 Å². The van der Waals surface area contributed by atoms with Crippen molar-refractivity contribution < 1.29 is 10.2 Å². The Morgan fingerprint density at radius 3 is 2.87 bits per heavy atom. The summed E-state index contributed by atoms with van der Waals surface area (Å²) in [5.41, 5.74) is 0. The number of nitrogens with one attached hydrogen (secondary N) is 1. The third-order valence-corrected chi connectivity index (χ3v) is 3.12. The molecule has 4 heteroatoms. The van der Waals surface area contributed by atoms with E-state index in [2.05, 4.69) is 17.1 Å². The molecule has 0 bridgehead atoms. The van der Waals surface area contributed by atoms with Crippen LogP contribution >= 0.6 is 0 Å². The fourth-order valence-corrected chi connectivity index (χ4v) is 2.04. The Morgan fingerprint density at radius 1 is 1.40 bits per heavy atom. The normalized spacial score (nSPS) is 26.2. The van der Waals surface area contributed by atoms with Crippen molar-refractivity contribution in [2.45, 2.75) is 38.3 Å². The second-order valence-corrected chi connectivity index (χ2v) is 4.31. The molecule has 1 saturated heterocycles. The minimum absolute atomic E-state index is 0.152. The van der Waals surface area contributed by atoms with E-state index in [4.69, 9.17) is 5.11 Å². The first-order chi connectivity index (χ1) is 7.26. The van der Waals surface area contributed by atoms with Crippen LogP contribution in [0.5, 0.6) is 0 Å². The second kappa shape index (κ2) is 7.17. The third kappa shape index (κ3) is 4.93. The molecule has 2 unspecified atom stereocenters. The first kappa shape index (κ1) is 12.9. The summed E-state index contributed by atoms with van der Waals surface area (Å²) in [7, 11) is 0. The number of rotatable bonds is 5. The fraction of sp³-hybridized carbons (Fsp3) is 1.00. The van der Waals surface area contributed by atoms with E-state index in [9.17, 15) is 5.11 Å². The molecule has 1 rings (SSSR count). The monoisotopic (exact) mass is 216 g/mol. The highest BCUT2D eigenvalue weighted by molar-refractivity contribution is 4.75. The molecule has 90 valence electrons. The van der Waals surface area contributed by atoms with Crippen molar-refractivity contribution in [3.8, 4) is 0 Å². The van der Waals surface area contributed by atoms with Gasteiger partial charge in [0.1, 0.15) is 0 Å². The summed E-state index contributed by atoms with van der Waals surface area (Å²) in [6, 6.07) is 0.503. The van der Waals surface area contributed by atoms with E-state index in [1.54, 1.807) is 0 Å². The zero-order chi connectivity index (χ0) is 11.1. The highest BCUT2D eigenvalue weighted by Gasteiger charge is 2.16. The van der Waals surface area contributed by atoms with Crippen molar-refractivity contribution in [2.75, 3.05) is 32.8 Å². The first-order valence-corrected chi connectivity index (χ1v) is 6.01. The van der Waals surface area contributed by atoms with E-state index in [-0.39, 0.29) is 6.61 Å². The Morgan fingerprint density at radius 2 is 2.20 bits per heavy atom. The molecule has 0 aliphatic carbocycles. The number of hydrogen-bond acceptors (Lipinski definition) is 4. The maximum atomic E-state index is 9.23. The molecule has 0 aromatic carbocycles. The number of aliphatic hydroxyl groups excluding tert-OH is 2. The van der Waals surface area contributed by atoms with Crippen LogP contribution in [-0.4, -0.2) is 60.0 Å². The Kier molecular flexibility index (Phi) is 6.17. The van der Waals surface area contributed by atoms with Gasteiger partial charge in [0.05, 0.1) is 12.7 Å². The third-order valence-electron chi connectivity index (χ3n) is 3.12. The van der Waals surface area contributed by atoms with Crippen molar-refractivity contribution in [1.82, 2.24) is 10.2 Å². The quantitative estimate of drug-likeness (QED) is 0.596. The minimum Gasteiger partial charge on any atom is -0.394 e. The SMILES string of the molecule is CCN1CCCC(NCC(O)CO)CC1. The van der Waals surface area contributed by atoms with Gasteiger partial charge in [-0.25, -0.2) is 0 Å². The lowest BCUT2D eigenvalue weighted by atomic mass is 10.1. The summed E-state index contributed by atoms with van der Waals surface area (Å²) in [6.45, 7) is 6.02. The fourth-order valence-electron chi connectivity index (χ4n) is 2.04. The maximum absolute atomic E-state index is 9.23. The van der Waals surface area contributed by atoms with Gasteiger partial charge in [0.2, 0.25) is 0 Å². The molecule has 15 heavy (non-hydrogen) atoms. The number of likely N-dealkylation sites (tertiary alicyclic amines) is 1. The Balaban J connectivity index is 2.19. The lowest BCUT2D eigenvalue weighted by molar-refractivity contribution is 0.0913. The summed E-state index contributed by atoms with van der Waals surface area (Å²) in [6.07, 6.45) is 2.93. The topological polar surface area (TPSA) is 55.7 Å². The van der Waals surface area contributed by atoms with Gasteiger partial charge in [-0.3, -0.25) is 0 Å². The molecule has 3 N–H and O–H groups in total. The Hall–Kier alpha value is -0.160. The molecule has 0 radical (unpaired) electrons. The standard InChI is InChI=1S/C11H24N2O2/c1-2-13-6-3-4-10(5-7-13)12-8-11(15)9-14/h10-12,14-15H,2-9H2,1H3. The van der Waals surface area contributed by atoms with E-state index in [1.165, 1.54) is 19.4 Å². The van der Waals surface area contributed by atoms with Gasteiger partial charge in [0, 0.05) is 12.6 Å². The zero-order valence-corrected chi connectivity index (χ0v) is 9.65. The Bertz CT molecular complexity index is 167. The van der Waals surface area contributed by atoms with Crippen molar-refractivity contribution in [3.63, 3.8) is 0 Å². The first-order valence-electron chi connectivity index (χ1n) is 6.01. The predicted octanol–water partition coefficient (Wildman–Crippen LogP) is -0.196. The van der Waals surface area contributed by atoms with Crippen molar-refractivity contribution in [2.24, 2.45) is 0 Å². The van der Waals surface area contributed by atoms with Crippen LogP contribution in [0.15, 0.2) is 0 Å². The Labute approximate surface area is 92.3 Å². The van der Waals surface area contributed by atoms with Gasteiger partial charge in [-0.1, -0.05) is 6.92 Å². The second-order valence-electron chi connectivity index (χ2n) is 4.31. The van der Waals surface area contributed by atoms with E-state index >= 15 is 0 Å². The van der Waals surface area contributed by atoms with Crippen molar-refractivity contribution >= 4 is 0 Å². The van der Waals surface area contributed by atoms with Crippen LogP contribution in [0.2, 0.25) is 0 Å². The molecule has 1 aliphatic rings. The van der Waals surface area contributed by atoms with E-state index in [0.29, 0.717) is 12.6 Å². The largest absolute Gasteiger partial charge is 0.394 e. The molecule has 1 aliphatic heterocycles. The van der Waals surface area contributed by atoms with Gasteiger partial charge in [-0.05, 0) is 38.9 Å². The van der Waals surface area contributed by atoms with E-state index in [1.807, 2.05) is 0 Å². The lowest BCUT2D eigenvalue weighted by Gasteiger charge is -2.19. The van der Waals surface area contributed by atoms with Crippen LogP contribution in [0, 0.1) is 0 Å². The summed E-state index contributed by atoms with van der Waals surface area (Å²) in [5.74, 6) is 0. The molecule has 0 aromatic rings. The summed E-state index contributed by atoms with van der Waals surface area (Å²) in [5, 5.41) is 21.3. The number of aliphatic hydroxyl groups is 2. The van der Waals surface area contributed by atoms with Crippen LogP contribution in [0.1, 0.15) is 26.2 Å². The van der Waals surface area contributed by atoms with Crippen molar-refractivity contribution in [1.29, 1.82) is 0 Å². The summed E-state index contributed by atoms with van der Waals surface area (Å²) >= 11 is 0. The highest BCUT2D eigenvalue weighted by atomic mass is 16.3. The van der Waals surface area contributed by atoms with Gasteiger partial charge >= 0.3 is 0 Å². The zero-order valence-electron chi connectivity index (χ0n) is 9.65. The van der Waals surface area contributed by atoms with Gasteiger partial charge in [-0.2, -0.15) is 0 Å². The van der Waals surface area contributed by atoms with Crippen molar-refractivity contribution in [3.05, 3.63) is 0 Å². The van der Waals surface area contributed by atoms with Gasteiger partial charge < -0.3 is 20.4 Å². The maximum Gasteiger partial charge on any atom is 0.0895 e. The van der Waals surface area contributed by atoms with Crippen LogP contribution in [-0.2, 0) is 0 Å². The summed E-state index contributed by atoms with van der Waals surface area (Å²) < 4.78 is 0. The van der Waals surface area contributed by atoms with Gasteiger partial charge in [-0.15, -0.1) is 0 Å². The molecule has 1 heterocycles. The molecule has 2 atom stereocenters. The minimum atomic E-state index is -0.615. The molecular formula is C11H24N2O2. The molecular weight excluding hydrogens is 192 g/mol. The van der Waals surface area contributed by atoms with E-state index < -0.39 is 6.10 Å². The molecule has 0 aromatic heterocycles. The number of hydrogen-bond donors (Lipinski definition) is 3. The summed E-state index contributed by atoms with van der Waals surface area (Å²) in [4.78, 5) is 2.46. The molecule has 0 saturated carbocycles. The van der Waals surface area contributed by atoms with E-state index in [0.717, 1.165) is 19.5 Å². The van der Waals surface area contributed by atoms with Crippen LogP contribution in [0.25, 0.3) is 0 Å². The van der Waals surface area contributed by atoms with Gasteiger partial charge in [0.15, 0.2) is 0 Å². The van der Waals surface area contributed by atoms with Gasteiger partial charge in [0.25, 0.3) is 0 Å². The molecule has 4 nitrogen and oxygen atoms in total. The highest BCUT2D eigenvalue weighted by Crippen LogP contribution is 2.10. The smallest absolute Gasteiger partial charge is 0.0895 e. The molecule has 0 amide bonds. The average molecular weight is 216 g/mol. The van der Waals surface area contributed by atoms with Crippen LogP contribution in [0.4, 0.5) is 0 Å². The molecule has 1 fully saturated rings. The lowest BCUT2D eigenvalue weighted by Crippen LogP contribution is -2.37. The number of nitrogens with zero attached hydrogens (tertiary/aromatic N) is 1.